The van der Waals surface area contributed by atoms with E-state index in [9.17, 15) is 0 Å². The minimum absolute atomic E-state index is 0. The van der Waals surface area contributed by atoms with Gasteiger partial charge in [-0.05, 0) is 24.2 Å². The fourth-order valence-corrected chi connectivity index (χ4v) is 2.34. The van der Waals surface area contributed by atoms with Gasteiger partial charge in [-0.25, -0.2) is 0 Å². The smallest absolute Gasteiger partial charge is 0 e. The topological polar surface area (TPSA) is 0 Å². The molecule has 1 rings (SSSR count). The molecule has 0 amide bonds. The average Bonchev–Trinajstić information content (AvgIpc) is 1.88. The zero-order valence-electron chi connectivity index (χ0n) is 8.72. The first-order chi connectivity index (χ1) is 4.72. The maximum atomic E-state index is 2.42. The van der Waals surface area contributed by atoms with Crippen LogP contribution < -0.4 is 0 Å². The molecule has 2 heteroatoms. The Morgan fingerprint density at radius 1 is 1.00 bits per heavy atom. The van der Waals surface area contributed by atoms with Crippen LogP contribution in [0.25, 0.3) is 0 Å². The summed E-state index contributed by atoms with van der Waals surface area (Å²) in [4.78, 5) is 0. The van der Waals surface area contributed by atoms with Crippen molar-refractivity contribution in [2.75, 3.05) is 0 Å². The molecule has 0 heterocycles. The summed E-state index contributed by atoms with van der Waals surface area (Å²) in [7, 11) is 0. The first kappa shape index (κ1) is 16.6. The van der Waals surface area contributed by atoms with Gasteiger partial charge in [0, 0.05) is 65.4 Å². The van der Waals surface area contributed by atoms with E-state index in [2.05, 4.69) is 20.8 Å². The summed E-state index contributed by atoms with van der Waals surface area (Å²) in [6.45, 7) is 7.16. The summed E-state index contributed by atoms with van der Waals surface area (Å²) in [5.41, 5.74) is 0. The summed E-state index contributed by atoms with van der Waals surface area (Å²) >= 11 is 0. The van der Waals surface area contributed by atoms with Crippen molar-refractivity contribution in [3.8, 4) is 0 Å². The van der Waals surface area contributed by atoms with Gasteiger partial charge in [0.05, 0.1) is 0 Å². The summed E-state index contributed by atoms with van der Waals surface area (Å²) in [5, 5.41) is 0. The first-order valence-corrected chi connectivity index (χ1v) is 4.72. The molecule has 1 aliphatic carbocycles. The van der Waals surface area contributed by atoms with Gasteiger partial charge in [-0.3, -0.25) is 0 Å². The van der Waals surface area contributed by atoms with Gasteiger partial charge in [0.1, 0.15) is 0 Å². The minimum Gasteiger partial charge on any atom is -0.0625 e. The number of hydrogen-bond acceptors (Lipinski definition) is 0. The largest absolute Gasteiger partial charge is 0.0625 e. The SMILES string of the molecule is CC(C)C1CCCCC1C.[Y].[Y]. The van der Waals surface area contributed by atoms with Crippen molar-refractivity contribution in [3.05, 3.63) is 0 Å². The van der Waals surface area contributed by atoms with Gasteiger partial charge in [-0.2, -0.15) is 0 Å². The molecule has 2 atom stereocenters. The van der Waals surface area contributed by atoms with Crippen LogP contribution in [0.4, 0.5) is 0 Å². The fraction of sp³-hybridized carbons (Fsp3) is 1.00. The van der Waals surface area contributed by atoms with Crippen molar-refractivity contribution in [1.82, 2.24) is 0 Å². The van der Waals surface area contributed by atoms with Crippen molar-refractivity contribution in [1.29, 1.82) is 0 Å². The number of rotatable bonds is 1. The van der Waals surface area contributed by atoms with Crippen molar-refractivity contribution >= 4 is 0 Å². The van der Waals surface area contributed by atoms with Crippen LogP contribution in [-0.2, 0) is 65.4 Å². The van der Waals surface area contributed by atoms with E-state index in [-0.39, 0.29) is 65.4 Å². The van der Waals surface area contributed by atoms with Crippen molar-refractivity contribution < 1.29 is 65.4 Å². The second-order valence-electron chi connectivity index (χ2n) is 4.17. The Hall–Kier alpha value is 2.21. The maximum Gasteiger partial charge on any atom is 0 e. The van der Waals surface area contributed by atoms with E-state index in [1.54, 1.807) is 0 Å². The molecular formula is C10H20Y2. The molecular weight excluding hydrogens is 298 g/mol. The summed E-state index contributed by atoms with van der Waals surface area (Å²) in [5.74, 6) is 2.93. The van der Waals surface area contributed by atoms with Gasteiger partial charge in [-0.15, -0.1) is 0 Å². The van der Waals surface area contributed by atoms with Crippen molar-refractivity contribution in [3.63, 3.8) is 0 Å². The van der Waals surface area contributed by atoms with E-state index in [0.717, 1.165) is 17.8 Å². The van der Waals surface area contributed by atoms with Crippen molar-refractivity contribution in [2.45, 2.75) is 46.5 Å². The Balaban J connectivity index is 0. The van der Waals surface area contributed by atoms with E-state index in [4.69, 9.17) is 0 Å². The third-order valence-corrected chi connectivity index (χ3v) is 3.03. The van der Waals surface area contributed by atoms with E-state index in [1.165, 1.54) is 25.7 Å². The fourth-order valence-electron chi connectivity index (χ4n) is 2.34. The third-order valence-electron chi connectivity index (χ3n) is 3.03. The number of hydrogen-bond donors (Lipinski definition) is 0. The van der Waals surface area contributed by atoms with Crippen LogP contribution in [-0.4, -0.2) is 0 Å². The Morgan fingerprint density at radius 2 is 1.50 bits per heavy atom. The molecule has 0 bridgehead atoms. The standard InChI is InChI=1S/C10H20.2Y/c1-8(2)10-7-5-4-6-9(10)3;;/h8-10H,4-7H2,1-3H3;;. The molecule has 1 fully saturated rings. The van der Waals surface area contributed by atoms with E-state index in [0.29, 0.717) is 0 Å². The summed E-state index contributed by atoms with van der Waals surface area (Å²) in [6.07, 6.45) is 5.92. The predicted molar refractivity (Wildman–Crippen MR) is 46.0 cm³/mol. The molecule has 0 aliphatic heterocycles. The average molecular weight is 318 g/mol. The summed E-state index contributed by atoms with van der Waals surface area (Å²) < 4.78 is 0. The molecule has 0 N–H and O–H groups in total. The zero-order valence-corrected chi connectivity index (χ0v) is 14.4. The van der Waals surface area contributed by atoms with Gasteiger partial charge in [0.15, 0.2) is 0 Å². The van der Waals surface area contributed by atoms with Crippen LogP contribution in [0.2, 0.25) is 0 Å². The van der Waals surface area contributed by atoms with Crippen LogP contribution in [0.1, 0.15) is 46.5 Å². The van der Waals surface area contributed by atoms with Gasteiger partial charge in [0.2, 0.25) is 0 Å². The van der Waals surface area contributed by atoms with E-state index in [1.807, 2.05) is 0 Å². The second kappa shape index (κ2) is 8.51. The molecule has 1 saturated carbocycles. The van der Waals surface area contributed by atoms with Crippen LogP contribution in [0.5, 0.6) is 0 Å². The molecule has 1 aliphatic rings. The van der Waals surface area contributed by atoms with Crippen LogP contribution in [0.3, 0.4) is 0 Å². The Kier molecular flexibility index (Phi) is 11.8. The molecule has 66 valence electrons. The monoisotopic (exact) mass is 318 g/mol. The molecule has 0 aromatic carbocycles. The Morgan fingerprint density at radius 3 is 1.83 bits per heavy atom. The first-order valence-electron chi connectivity index (χ1n) is 4.72. The Bertz CT molecular complexity index is 102. The van der Waals surface area contributed by atoms with E-state index >= 15 is 0 Å². The van der Waals surface area contributed by atoms with Crippen molar-refractivity contribution in [2.24, 2.45) is 17.8 Å². The Labute approximate surface area is 128 Å². The molecule has 0 spiro atoms. The van der Waals surface area contributed by atoms with Crippen LogP contribution >= 0.6 is 0 Å². The molecule has 0 saturated heterocycles. The van der Waals surface area contributed by atoms with Crippen LogP contribution in [0, 0.1) is 17.8 Å². The second-order valence-corrected chi connectivity index (χ2v) is 4.17. The molecule has 2 unspecified atom stereocenters. The third kappa shape index (κ3) is 5.18. The molecule has 0 aromatic heterocycles. The van der Waals surface area contributed by atoms with Gasteiger partial charge in [-0.1, -0.05) is 40.0 Å². The van der Waals surface area contributed by atoms with Gasteiger partial charge < -0.3 is 0 Å². The van der Waals surface area contributed by atoms with Gasteiger partial charge >= 0.3 is 0 Å². The molecule has 0 nitrogen and oxygen atoms in total. The van der Waals surface area contributed by atoms with Gasteiger partial charge in [0.25, 0.3) is 0 Å². The molecule has 12 heavy (non-hydrogen) atoms. The molecule has 0 aromatic rings. The van der Waals surface area contributed by atoms with E-state index < -0.39 is 0 Å². The summed E-state index contributed by atoms with van der Waals surface area (Å²) in [6, 6.07) is 0. The maximum absolute atomic E-state index is 2.42. The van der Waals surface area contributed by atoms with Crippen LogP contribution in [0.15, 0.2) is 0 Å². The quantitative estimate of drug-likeness (QED) is 0.695. The predicted octanol–water partition coefficient (Wildman–Crippen LogP) is 3.46. The minimum atomic E-state index is 0. The normalized spacial score (nSPS) is 29.0. The zero-order chi connectivity index (χ0) is 7.56. The molecule has 2 radical (unpaired) electrons.